The summed E-state index contributed by atoms with van der Waals surface area (Å²) in [6.07, 6.45) is 1.39. The van der Waals surface area contributed by atoms with Crippen LogP contribution in [0.5, 0.6) is 0 Å². The molecule has 0 fully saturated rings. The van der Waals surface area contributed by atoms with Crippen LogP contribution in [0.1, 0.15) is 0 Å². The Balaban J connectivity index is 3.03. The zero-order valence-electron chi connectivity index (χ0n) is 6.67. The van der Waals surface area contributed by atoms with Crippen molar-refractivity contribution in [2.75, 3.05) is 9.93 Å². The van der Waals surface area contributed by atoms with Gasteiger partial charge in [0.1, 0.15) is 9.82 Å². The lowest BCUT2D eigenvalue weighted by Crippen LogP contribution is -2.14. The van der Waals surface area contributed by atoms with Gasteiger partial charge in [-0.1, -0.05) is 11.6 Å². The van der Waals surface area contributed by atoms with E-state index in [-0.39, 0.29) is 5.69 Å². The van der Waals surface area contributed by atoms with Crippen molar-refractivity contribution in [2.24, 2.45) is 0 Å². The Morgan fingerprint density at radius 1 is 1.57 bits per heavy atom. The number of nitrogens with zero attached hydrogens (tertiary/aromatic N) is 1. The van der Waals surface area contributed by atoms with E-state index in [2.05, 4.69) is 25.6 Å². The van der Waals surface area contributed by atoms with E-state index in [9.17, 15) is 8.42 Å². The summed E-state index contributed by atoms with van der Waals surface area (Å²) in [5.74, 6) is 0. The highest BCUT2D eigenvalue weighted by atomic mass is 79.9. The van der Waals surface area contributed by atoms with Crippen LogP contribution >= 0.6 is 39.1 Å². The van der Waals surface area contributed by atoms with Crippen LogP contribution in [0.4, 0.5) is 5.69 Å². The molecular formula is C6H5BrCl2N2O2S. The van der Waals surface area contributed by atoms with Gasteiger partial charge in [0.2, 0.25) is 10.0 Å². The summed E-state index contributed by atoms with van der Waals surface area (Å²) in [5.41, 5.74) is 0.262. The normalized spacial score (nSPS) is 11.4. The zero-order valence-corrected chi connectivity index (χ0v) is 10.6. The van der Waals surface area contributed by atoms with E-state index in [1.807, 2.05) is 0 Å². The van der Waals surface area contributed by atoms with Crippen LogP contribution < -0.4 is 4.72 Å². The molecule has 4 nitrogen and oxygen atoms in total. The fourth-order valence-electron chi connectivity index (χ4n) is 0.689. The average molecular weight is 320 g/mol. The predicted molar refractivity (Wildman–Crippen MR) is 60.2 cm³/mol. The molecule has 0 bridgehead atoms. The van der Waals surface area contributed by atoms with Crippen LogP contribution in [0, 0.1) is 0 Å². The largest absolute Gasteiger partial charge is 0.280 e. The Kier molecular flexibility index (Phi) is 4.00. The Labute approximate surface area is 99.8 Å². The van der Waals surface area contributed by atoms with Gasteiger partial charge in [-0.3, -0.25) is 4.72 Å². The standard InChI is InChI=1S/C6H5BrCl2N2O2S/c7-6-5(1-4(9)2-10-6)11-14(12,13)3-8/h1-2,11H,3H2. The van der Waals surface area contributed by atoms with Crippen LogP contribution in [0.2, 0.25) is 5.02 Å². The summed E-state index contributed by atoms with van der Waals surface area (Å²) < 4.78 is 24.8. The second kappa shape index (κ2) is 4.65. The van der Waals surface area contributed by atoms with Crippen LogP contribution in [-0.4, -0.2) is 18.6 Å². The van der Waals surface area contributed by atoms with Gasteiger partial charge in [-0.2, -0.15) is 0 Å². The van der Waals surface area contributed by atoms with E-state index in [0.717, 1.165) is 0 Å². The van der Waals surface area contributed by atoms with E-state index in [1.54, 1.807) is 0 Å². The molecule has 1 N–H and O–H groups in total. The zero-order chi connectivity index (χ0) is 10.8. The third-order valence-electron chi connectivity index (χ3n) is 1.21. The van der Waals surface area contributed by atoms with Crippen LogP contribution in [0.15, 0.2) is 16.9 Å². The Hall–Kier alpha value is -0.0400. The maximum atomic E-state index is 11.1. The Morgan fingerprint density at radius 2 is 2.21 bits per heavy atom. The molecule has 0 aromatic carbocycles. The summed E-state index contributed by atoms with van der Waals surface area (Å²) in [6.45, 7) is 0. The predicted octanol–water partition coefficient (Wildman–Crippen LogP) is 2.44. The van der Waals surface area contributed by atoms with Gasteiger partial charge in [0.05, 0.1) is 10.7 Å². The van der Waals surface area contributed by atoms with Gasteiger partial charge < -0.3 is 0 Å². The number of halogens is 3. The minimum atomic E-state index is -3.53. The van der Waals surface area contributed by atoms with Gasteiger partial charge in [0.25, 0.3) is 0 Å². The van der Waals surface area contributed by atoms with Crippen molar-refractivity contribution in [2.45, 2.75) is 0 Å². The number of sulfonamides is 1. The maximum absolute atomic E-state index is 11.1. The second-order valence-electron chi connectivity index (χ2n) is 2.32. The average Bonchev–Trinajstić information content (AvgIpc) is 2.11. The van der Waals surface area contributed by atoms with E-state index < -0.39 is 15.2 Å². The van der Waals surface area contributed by atoms with Crippen molar-refractivity contribution in [1.82, 2.24) is 4.98 Å². The SMILES string of the molecule is O=S(=O)(CCl)Nc1cc(Cl)cnc1Br. The molecule has 0 spiro atoms. The lowest BCUT2D eigenvalue weighted by Gasteiger charge is -2.06. The number of alkyl halides is 1. The molecule has 8 heteroatoms. The van der Waals surface area contributed by atoms with Crippen molar-refractivity contribution < 1.29 is 8.42 Å². The molecule has 1 aromatic heterocycles. The summed E-state index contributed by atoms with van der Waals surface area (Å²) in [5, 5.41) is -0.188. The topological polar surface area (TPSA) is 59.1 Å². The van der Waals surface area contributed by atoms with Gasteiger partial charge in [0, 0.05) is 6.20 Å². The molecule has 0 aliphatic rings. The molecule has 0 aliphatic carbocycles. The van der Waals surface area contributed by atoms with Crippen LogP contribution in [0.3, 0.4) is 0 Å². The molecule has 0 saturated carbocycles. The van der Waals surface area contributed by atoms with Gasteiger partial charge in [-0.15, -0.1) is 11.6 Å². The number of rotatable bonds is 3. The minimum absolute atomic E-state index is 0.262. The highest BCUT2D eigenvalue weighted by Crippen LogP contribution is 2.24. The monoisotopic (exact) mass is 318 g/mol. The van der Waals surface area contributed by atoms with Crippen molar-refractivity contribution >= 4 is 54.8 Å². The molecule has 0 radical (unpaired) electrons. The molecule has 78 valence electrons. The maximum Gasteiger partial charge on any atom is 0.246 e. The molecule has 0 saturated heterocycles. The molecule has 0 unspecified atom stereocenters. The highest BCUT2D eigenvalue weighted by Gasteiger charge is 2.11. The molecule has 1 rings (SSSR count). The minimum Gasteiger partial charge on any atom is -0.280 e. The number of nitrogens with one attached hydrogen (secondary N) is 1. The van der Waals surface area contributed by atoms with Gasteiger partial charge >= 0.3 is 0 Å². The summed E-state index contributed by atoms with van der Waals surface area (Å²) in [6, 6.07) is 1.43. The van der Waals surface area contributed by atoms with Crippen LogP contribution in [0.25, 0.3) is 0 Å². The van der Waals surface area contributed by atoms with Gasteiger partial charge in [0.15, 0.2) is 0 Å². The van der Waals surface area contributed by atoms with E-state index in [0.29, 0.717) is 9.63 Å². The van der Waals surface area contributed by atoms with E-state index in [1.165, 1.54) is 12.3 Å². The first-order valence-corrected chi connectivity index (χ1v) is 6.68. The van der Waals surface area contributed by atoms with Gasteiger partial charge in [-0.25, -0.2) is 13.4 Å². The van der Waals surface area contributed by atoms with Crippen LogP contribution in [-0.2, 0) is 10.0 Å². The number of anilines is 1. The third-order valence-corrected chi connectivity index (χ3v) is 3.73. The van der Waals surface area contributed by atoms with E-state index in [4.69, 9.17) is 23.2 Å². The highest BCUT2D eigenvalue weighted by molar-refractivity contribution is 9.10. The van der Waals surface area contributed by atoms with Crippen molar-refractivity contribution in [3.63, 3.8) is 0 Å². The van der Waals surface area contributed by atoms with Crippen molar-refractivity contribution in [3.05, 3.63) is 21.9 Å². The molecule has 0 atom stereocenters. The fourth-order valence-corrected chi connectivity index (χ4v) is 2.00. The van der Waals surface area contributed by atoms with E-state index >= 15 is 0 Å². The van der Waals surface area contributed by atoms with Gasteiger partial charge in [-0.05, 0) is 22.0 Å². The summed E-state index contributed by atoms with van der Waals surface area (Å²) in [7, 11) is -3.53. The van der Waals surface area contributed by atoms with Crippen molar-refractivity contribution in [3.8, 4) is 0 Å². The quantitative estimate of drug-likeness (QED) is 0.687. The lowest BCUT2D eigenvalue weighted by atomic mass is 10.4. The Bertz CT molecular complexity index is 437. The Morgan fingerprint density at radius 3 is 2.79 bits per heavy atom. The first-order valence-electron chi connectivity index (χ1n) is 3.32. The second-order valence-corrected chi connectivity index (χ2v) is 5.81. The molecular weight excluding hydrogens is 315 g/mol. The summed E-state index contributed by atoms with van der Waals surface area (Å²) in [4.78, 5) is 3.81. The number of hydrogen-bond acceptors (Lipinski definition) is 3. The smallest absolute Gasteiger partial charge is 0.246 e. The van der Waals surface area contributed by atoms with Crippen molar-refractivity contribution in [1.29, 1.82) is 0 Å². The fraction of sp³-hybridized carbons (Fsp3) is 0.167. The first kappa shape index (κ1) is 12.0. The number of pyridine rings is 1. The first-order chi connectivity index (χ1) is 6.44. The molecule has 0 aliphatic heterocycles. The third kappa shape index (κ3) is 3.27. The molecule has 0 amide bonds. The summed E-state index contributed by atoms with van der Waals surface area (Å²) >= 11 is 13.9. The molecule has 14 heavy (non-hydrogen) atoms. The lowest BCUT2D eigenvalue weighted by molar-refractivity contribution is 0.605. The molecule has 1 aromatic rings. The number of aromatic nitrogens is 1. The number of hydrogen-bond donors (Lipinski definition) is 1. The molecule has 1 heterocycles.